The number of carbonyl (C=O) groups is 2. The van der Waals surface area contributed by atoms with Crippen LogP contribution < -0.4 is 0 Å². The summed E-state index contributed by atoms with van der Waals surface area (Å²) in [5, 5.41) is 0. The predicted octanol–water partition coefficient (Wildman–Crippen LogP) is 5.02. The van der Waals surface area contributed by atoms with Gasteiger partial charge in [0.05, 0.1) is 11.1 Å². The van der Waals surface area contributed by atoms with Crippen LogP contribution in [0.1, 0.15) is 43.0 Å². The molecule has 0 saturated carbocycles. The van der Waals surface area contributed by atoms with E-state index in [1.807, 2.05) is 74.5 Å². The predicted molar refractivity (Wildman–Crippen MR) is 107 cm³/mol. The molecule has 0 fully saturated rings. The molecule has 0 radical (unpaired) electrons. The average Bonchev–Trinajstić information content (AvgIpc) is 2.71. The van der Waals surface area contributed by atoms with Crippen molar-refractivity contribution in [1.29, 1.82) is 0 Å². The van der Waals surface area contributed by atoms with E-state index in [2.05, 4.69) is 0 Å². The van der Waals surface area contributed by atoms with Crippen LogP contribution in [-0.2, 0) is 22.7 Å². The molecule has 0 saturated heterocycles. The second kappa shape index (κ2) is 9.00. The SMILES string of the molecule is Cc1ccccc1C(=O)OCc1cccc(COC(=O)c2ccccc2C)c1. The van der Waals surface area contributed by atoms with Crippen molar-refractivity contribution in [2.24, 2.45) is 0 Å². The first-order valence-electron chi connectivity index (χ1n) is 9.08. The minimum absolute atomic E-state index is 0.159. The Bertz CT molecular complexity index is 914. The van der Waals surface area contributed by atoms with Gasteiger partial charge in [-0.3, -0.25) is 0 Å². The topological polar surface area (TPSA) is 52.6 Å². The van der Waals surface area contributed by atoms with Gasteiger partial charge < -0.3 is 9.47 Å². The van der Waals surface area contributed by atoms with Gasteiger partial charge in [0.1, 0.15) is 13.2 Å². The van der Waals surface area contributed by atoms with E-state index in [1.165, 1.54) is 0 Å². The Balaban J connectivity index is 1.58. The Labute approximate surface area is 164 Å². The molecule has 0 unspecified atom stereocenters. The third-order valence-electron chi connectivity index (χ3n) is 4.46. The fraction of sp³-hybridized carbons (Fsp3) is 0.167. The molecule has 0 N–H and O–H groups in total. The summed E-state index contributed by atoms with van der Waals surface area (Å²) in [5.41, 5.74) is 4.56. The summed E-state index contributed by atoms with van der Waals surface area (Å²) in [5.74, 6) is -0.705. The molecule has 0 heterocycles. The highest BCUT2D eigenvalue weighted by Gasteiger charge is 2.11. The molecule has 0 spiro atoms. The van der Waals surface area contributed by atoms with Gasteiger partial charge in [0, 0.05) is 0 Å². The van der Waals surface area contributed by atoms with Gasteiger partial charge in [-0.05, 0) is 54.3 Å². The van der Waals surface area contributed by atoms with E-state index in [-0.39, 0.29) is 25.2 Å². The first-order chi connectivity index (χ1) is 13.5. The van der Waals surface area contributed by atoms with Crippen molar-refractivity contribution in [3.63, 3.8) is 0 Å². The minimum Gasteiger partial charge on any atom is -0.457 e. The minimum atomic E-state index is -0.352. The summed E-state index contributed by atoms with van der Waals surface area (Å²) < 4.78 is 10.8. The van der Waals surface area contributed by atoms with Gasteiger partial charge in [-0.25, -0.2) is 9.59 Å². The average molecular weight is 374 g/mol. The lowest BCUT2D eigenvalue weighted by atomic mass is 10.1. The Kier molecular flexibility index (Phi) is 6.22. The van der Waals surface area contributed by atoms with Gasteiger partial charge in [0.15, 0.2) is 0 Å². The quantitative estimate of drug-likeness (QED) is 0.569. The maximum absolute atomic E-state index is 12.2. The fourth-order valence-electron chi connectivity index (χ4n) is 2.87. The van der Waals surface area contributed by atoms with Crippen LogP contribution in [-0.4, -0.2) is 11.9 Å². The zero-order valence-corrected chi connectivity index (χ0v) is 16.0. The number of esters is 2. The summed E-state index contributed by atoms with van der Waals surface area (Å²) in [4.78, 5) is 24.5. The van der Waals surface area contributed by atoms with Crippen molar-refractivity contribution >= 4 is 11.9 Å². The van der Waals surface area contributed by atoms with Crippen LogP contribution in [0.15, 0.2) is 72.8 Å². The van der Waals surface area contributed by atoms with Crippen LogP contribution in [0, 0.1) is 13.8 Å². The summed E-state index contributed by atoms with van der Waals surface area (Å²) in [6.07, 6.45) is 0. The summed E-state index contributed by atoms with van der Waals surface area (Å²) in [7, 11) is 0. The standard InChI is InChI=1S/C24H22O4/c1-17-8-3-5-12-21(17)23(25)27-15-19-10-7-11-20(14-19)16-28-24(26)22-13-6-4-9-18(22)2/h3-14H,15-16H2,1-2H3. The van der Waals surface area contributed by atoms with Gasteiger partial charge in [0.2, 0.25) is 0 Å². The van der Waals surface area contributed by atoms with Gasteiger partial charge in [-0.15, -0.1) is 0 Å². The number of benzene rings is 3. The Hall–Kier alpha value is -3.40. The first kappa shape index (κ1) is 19.4. The second-order valence-electron chi connectivity index (χ2n) is 6.60. The van der Waals surface area contributed by atoms with Crippen molar-refractivity contribution in [3.8, 4) is 0 Å². The van der Waals surface area contributed by atoms with E-state index in [0.717, 1.165) is 22.3 Å². The third kappa shape index (κ3) is 4.86. The number of ether oxygens (including phenoxy) is 2. The van der Waals surface area contributed by atoms with E-state index < -0.39 is 0 Å². The number of rotatable bonds is 6. The second-order valence-corrected chi connectivity index (χ2v) is 6.60. The van der Waals surface area contributed by atoms with Crippen molar-refractivity contribution in [2.75, 3.05) is 0 Å². The maximum Gasteiger partial charge on any atom is 0.338 e. The molecule has 0 aliphatic rings. The van der Waals surface area contributed by atoms with Gasteiger partial charge in [-0.2, -0.15) is 0 Å². The van der Waals surface area contributed by atoms with Crippen LogP contribution in [0.3, 0.4) is 0 Å². The molecule has 4 heteroatoms. The summed E-state index contributed by atoms with van der Waals surface area (Å²) >= 11 is 0. The molecule has 3 rings (SSSR count). The lowest BCUT2D eigenvalue weighted by molar-refractivity contribution is 0.0470. The highest BCUT2D eigenvalue weighted by Crippen LogP contribution is 2.14. The fourth-order valence-corrected chi connectivity index (χ4v) is 2.87. The number of aryl methyl sites for hydroxylation is 2. The maximum atomic E-state index is 12.2. The number of carbonyl (C=O) groups excluding carboxylic acids is 2. The largest absolute Gasteiger partial charge is 0.457 e. The normalized spacial score (nSPS) is 10.4. The van der Waals surface area contributed by atoms with Gasteiger partial charge >= 0.3 is 11.9 Å². The van der Waals surface area contributed by atoms with E-state index in [1.54, 1.807) is 12.1 Å². The molecule has 0 bridgehead atoms. The molecule has 0 aliphatic carbocycles. The van der Waals surface area contributed by atoms with Crippen molar-refractivity contribution in [1.82, 2.24) is 0 Å². The molecule has 28 heavy (non-hydrogen) atoms. The van der Waals surface area contributed by atoms with Crippen molar-refractivity contribution in [3.05, 3.63) is 106 Å². The van der Waals surface area contributed by atoms with Crippen LogP contribution in [0.5, 0.6) is 0 Å². The highest BCUT2D eigenvalue weighted by molar-refractivity contribution is 5.91. The van der Waals surface area contributed by atoms with Gasteiger partial charge in [0.25, 0.3) is 0 Å². The third-order valence-corrected chi connectivity index (χ3v) is 4.46. The Morgan fingerprint density at radius 3 is 1.50 bits per heavy atom. The molecule has 0 atom stereocenters. The summed E-state index contributed by atoms with van der Waals surface area (Å²) in [6.45, 7) is 4.07. The Morgan fingerprint density at radius 1 is 0.643 bits per heavy atom. The zero-order chi connectivity index (χ0) is 19.9. The van der Waals surface area contributed by atoms with Crippen molar-refractivity contribution in [2.45, 2.75) is 27.1 Å². The molecule has 0 amide bonds. The van der Waals surface area contributed by atoms with E-state index in [9.17, 15) is 9.59 Å². The Morgan fingerprint density at radius 2 is 1.07 bits per heavy atom. The molecule has 3 aromatic carbocycles. The van der Waals surface area contributed by atoms with E-state index in [4.69, 9.17) is 9.47 Å². The molecule has 3 aromatic rings. The highest BCUT2D eigenvalue weighted by atomic mass is 16.5. The van der Waals surface area contributed by atoms with Crippen LogP contribution >= 0.6 is 0 Å². The lowest BCUT2D eigenvalue weighted by Gasteiger charge is -2.10. The van der Waals surface area contributed by atoms with Gasteiger partial charge in [-0.1, -0.05) is 54.6 Å². The smallest absolute Gasteiger partial charge is 0.338 e. The summed E-state index contributed by atoms with van der Waals surface area (Å²) in [6, 6.07) is 22.1. The van der Waals surface area contributed by atoms with Crippen molar-refractivity contribution < 1.29 is 19.1 Å². The number of hydrogen-bond acceptors (Lipinski definition) is 4. The van der Waals surface area contributed by atoms with Crippen LogP contribution in [0.2, 0.25) is 0 Å². The monoisotopic (exact) mass is 374 g/mol. The molecule has 142 valence electrons. The van der Waals surface area contributed by atoms with E-state index >= 15 is 0 Å². The van der Waals surface area contributed by atoms with Crippen LogP contribution in [0.4, 0.5) is 0 Å². The zero-order valence-electron chi connectivity index (χ0n) is 16.0. The molecule has 4 nitrogen and oxygen atoms in total. The number of hydrogen-bond donors (Lipinski definition) is 0. The molecule has 0 aliphatic heterocycles. The molecular weight excluding hydrogens is 352 g/mol. The molecule has 0 aromatic heterocycles. The van der Waals surface area contributed by atoms with E-state index in [0.29, 0.717) is 11.1 Å². The first-order valence-corrected chi connectivity index (χ1v) is 9.08. The lowest BCUT2D eigenvalue weighted by Crippen LogP contribution is -2.08. The van der Waals surface area contributed by atoms with Crippen LogP contribution in [0.25, 0.3) is 0 Å². The molecular formula is C24H22O4.